The molecule has 0 heterocycles. The van der Waals surface area contributed by atoms with E-state index in [1.807, 2.05) is 7.05 Å². The van der Waals surface area contributed by atoms with Crippen molar-refractivity contribution >= 4 is 15.9 Å². The van der Waals surface area contributed by atoms with Crippen LogP contribution in [0.1, 0.15) is 30.4 Å². The summed E-state index contributed by atoms with van der Waals surface area (Å²) in [5.74, 6) is 0.942. The number of halogens is 1. The Labute approximate surface area is 119 Å². The van der Waals surface area contributed by atoms with Gasteiger partial charge in [-0.25, -0.2) is 0 Å². The van der Waals surface area contributed by atoms with Crippen molar-refractivity contribution in [2.24, 2.45) is 5.92 Å². The Morgan fingerprint density at radius 2 is 2.17 bits per heavy atom. The molecule has 0 bridgehead atoms. The molecule has 1 aliphatic carbocycles. The van der Waals surface area contributed by atoms with Gasteiger partial charge < -0.3 is 10.2 Å². The summed E-state index contributed by atoms with van der Waals surface area (Å²) in [6.07, 6.45) is 4.28. The highest BCUT2D eigenvalue weighted by molar-refractivity contribution is 9.10. The molecule has 3 heteroatoms. The Morgan fingerprint density at radius 3 is 2.72 bits per heavy atom. The molecule has 1 fully saturated rings. The van der Waals surface area contributed by atoms with Crippen molar-refractivity contribution in [1.82, 2.24) is 10.2 Å². The van der Waals surface area contributed by atoms with E-state index in [9.17, 15) is 0 Å². The number of benzene rings is 1. The minimum Gasteiger partial charge on any atom is -0.316 e. The van der Waals surface area contributed by atoms with E-state index in [4.69, 9.17) is 0 Å². The molecule has 0 spiro atoms. The molecule has 1 saturated carbocycles. The second kappa shape index (κ2) is 6.69. The first-order chi connectivity index (χ1) is 8.69. The number of hydrogen-bond acceptors (Lipinski definition) is 2. The van der Waals surface area contributed by atoms with E-state index in [1.54, 1.807) is 0 Å². The van der Waals surface area contributed by atoms with Crippen molar-refractivity contribution in [3.63, 3.8) is 0 Å². The van der Waals surface area contributed by atoms with Gasteiger partial charge in [0.2, 0.25) is 0 Å². The Balaban J connectivity index is 1.91. The van der Waals surface area contributed by atoms with Crippen LogP contribution in [0.4, 0.5) is 0 Å². The molecule has 1 aliphatic rings. The molecule has 0 aliphatic heterocycles. The van der Waals surface area contributed by atoms with Crippen LogP contribution in [-0.4, -0.2) is 25.5 Å². The quantitative estimate of drug-likeness (QED) is 0.866. The molecule has 0 unspecified atom stereocenters. The van der Waals surface area contributed by atoms with Gasteiger partial charge in [0.25, 0.3) is 0 Å². The average molecular weight is 311 g/mol. The molecule has 18 heavy (non-hydrogen) atoms. The number of rotatable bonds is 6. The van der Waals surface area contributed by atoms with E-state index in [-0.39, 0.29) is 0 Å². The highest BCUT2D eigenvalue weighted by Gasteiger charge is 2.19. The van der Waals surface area contributed by atoms with Gasteiger partial charge in [-0.15, -0.1) is 0 Å². The minimum absolute atomic E-state index is 0.927. The van der Waals surface area contributed by atoms with Crippen LogP contribution in [0.5, 0.6) is 0 Å². The van der Waals surface area contributed by atoms with E-state index in [1.165, 1.54) is 41.4 Å². The maximum Gasteiger partial charge on any atom is 0.0242 e. The number of nitrogens with one attached hydrogen (secondary N) is 1. The number of nitrogens with zero attached hydrogens (tertiary/aromatic N) is 1. The van der Waals surface area contributed by atoms with Crippen LogP contribution in [0.15, 0.2) is 22.7 Å². The lowest BCUT2D eigenvalue weighted by Gasteiger charge is -2.30. The minimum atomic E-state index is 0.927. The van der Waals surface area contributed by atoms with Gasteiger partial charge in [-0.3, -0.25) is 0 Å². The molecule has 0 saturated heterocycles. The molecule has 100 valence electrons. The molecule has 0 radical (unpaired) electrons. The monoisotopic (exact) mass is 310 g/mol. The third kappa shape index (κ3) is 3.81. The smallest absolute Gasteiger partial charge is 0.0242 e. The molecule has 2 nitrogen and oxygen atoms in total. The predicted octanol–water partition coefficient (Wildman–Crippen LogP) is 3.40. The van der Waals surface area contributed by atoms with Gasteiger partial charge in [-0.1, -0.05) is 34.5 Å². The molecule has 0 aromatic heterocycles. The van der Waals surface area contributed by atoms with Crippen LogP contribution in [0, 0.1) is 5.92 Å². The van der Waals surface area contributed by atoms with Gasteiger partial charge in [-0.05, 0) is 50.0 Å². The van der Waals surface area contributed by atoms with Crippen molar-refractivity contribution in [3.8, 4) is 0 Å². The number of hydrogen-bond donors (Lipinski definition) is 1. The third-order valence-electron chi connectivity index (χ3n) is 3.73. The largest absolute Gasteiger partial charge is 0.316 e. The van der Waals surface area contributed by atoms with Crippen LogP contribution in [0.3, 0.4) is 0 Å². The first-order valence-corrected chi connectivity index (χ1v) is 7.59. The second-order valence-corrected chi connectivity index (χ2v) is 6.30. The van der Waals surface area contributed by atoms with Gasteiger partial charge in [0.05, 0.1) is 0 Å². The van der Waals surface area contributed by atoms with E-state index >= 15 is 0 Å². The van der Waals surface area contributed by atoms with E-state index in [0.29, 0.717) is 0 Å². The van der Waals surface area contributed by atoms with Crippen molar-refractivity contribution < 1.29 is 0 Å². The van der Waals surface area contributed by atoms with E-state index in [0.717, 1.165) is 19.0 Å². The molecule has 1 N–H and O–H groups in total. The van der Waals surface area contributed by atoms with Crippen LogP contribution < -0.4 is 5.32 Å². The Bertz CT molecular complexity index is 388. The van der Waals surface area contributed by atoms with Crippen molar-refractivity contribution in [3.05, 3.63) is 33.8 Å². The SMILES string of the molecule is CNCc1ccc(CN(C)CC2CCC2)c(Br)c1. The zero-order valence-corrected chi connectivity index (χ0v) is 13.0. The normalized spacial score (nSPS) is 16.0. The van der Waals surface area contributed by atoms with Gasteiger partial charge >= 0.3 is 0 Å². The Kier molecular flexibility index (Phi) is 5.22. The summed E-state index contributed by atoms with van der Waals surface area (Å²) in [6, 6.07) is 6.69. The maximum atomic E-state index is 3.69. The van der Waals surface area contributed by atoms with Crippen LogP contribution in [-0.2, 0) is 13.1 Å². The maximum absolute atomic E-state index is 3.69. The lowest BCUT2D eigenvalue weighted by atomic mass is 9.85. The lowest BCUT2D eigenvalue weighted by molar-refractivity contribution is 0.200. The van der Waals surface area contributed by atoms with E-state index < -0.39 is 0 Å². The molecular weight excluding hydrogens is 288 g/mol. The topological polar surface area (TPSA) is 15.3 Å². The van der Waals surface area contributed by atoms with Crippen molar-refractivity contribution in [2.75, 3.05) is 20.6 Å². The summed E-state index contributed by atoms with van der Waals surface area (Å²) in [4.78, 5) is 2.45. The highest BCUT2D eigenvalue weighted by atomic mass is 79.9. The average Bonchev–Trinajstić information content (AvgIpc) is 2.28. The molecule has 0 amide bonds. The fourth-order valence-corrected chi connectivity index (χ4v) is 3.06. The zero-order chi connectivity index (χ0) is 13.0. The second-order valence-electron chi connectivity index (χ2n) is 5.45. The summed E-state index contributed by atoms with van der Waals surface area (Å²) >= 11 is 3.69. The summed E-state index contributed by atoms with van der Waals surface area (Å²) in [7, 11) is 4.21. The summed E-state index contributed by atoms with van der Waals surface area (Å²) in [5, 5.41) is 3.18. The van der Waals surface area contributed by atoms with Gasteiger partial charge in [0.1, 0.15) is 0 Å². The van der Waals surface area contributed by atoms with Crippen LogP contribution in [0.2, 0.25) is 0 Å². The van der Waals surface area contributed by atoms with Gasteiger partial charge in [0.15, 0.2) is 0 Å². The third-order valence-corrected chi connectivity index (χ3v) is 4.47. The predicted molar refractivity (Wildman–Crippen MR) is 80.6 cm³/mol. The fourth-order valence-electron chi connectivity index (χ4n) is 2.50. The van der Waals surface area contributed by atoms with Crippen LogP contribution in [0.25, 0.3) is 0 Å². The van der Waals surface area contributed by atoms with E-state index in [2.05, 4.69) is 51.4 Å². The molecule has 2 rings (SSSR count). The van der Waals surface area contributed by atoms with Crippen molar-refractivity contribution in [1.29, 1.82) is 0 Å². The summed E-state index contributed by atoms with van der Waals surface area (Å²) < 4.78 is 1.23. The molecule has 0 atom stereocenters. The lowest BCUT2D eigenvalue weighted by Crippen LogP contribution is -2.29. The zero-order valence-electron chi connectivity index (χ0n) is 11.4. The fraction of sp³-hybridized carbons (Fsp3) is 0.600. The Hall–Kier alpha value is -0.380. The van der Waals surface area contributed by atoms with Gasteiger partial charge in [-0.2, -0.15) is 0 Å². The van der Waals surface area contributed by atoms with Crippen LogP contribution >= 0.6 is 15.9 Å². The highest BCUT2D eigenvalue weighted by Crippen LogP contribution is 2.27. The Morgan fingerprint density at radius 1 is 1.39 bits per heavy atom. The molecule has 1 aromatic rings. The first-order valence-electron chi connectivity index (χ1n) is 6.79. The standard InChI is InChI=1S/C15H23BrN2/c1-17-9-13-6-7-14(15(16)8-13)11-18(2)10-12-4-3-5-12/h6-8,12,17H,3-5,9-11H2,1-2H3. The molecular formula is C15H23BrN2. The summed E-state index contributed by atoms with van der Waals surface area (Å²) in [5.41, 5.74) is 2.71. The molecule has 1 aromatic carbocycles. The summed E-state index contributed by atoms with van der Waals surface area (Å²) in [6.45, 7) is 3.21. The first kappa shape index (κ1) is 14.0. The van der Waals surface area contributed by atoms with Gasteiger partial charge in [0, 0.05) is 24.1 Å². The van der Waals surface area contributed by atoms with Crippen molar-refractivity contribution in [2.45, 2.75) is 32.4 Å².